The molecule has 96 valence electrons. The number of hydrogen-bond acceptors (Lipinski definition) is 1. The van der Waals surface area contributed by atoms with Crippen LogP contribution in [0, 0.1) is 23.7 Å². The van der Waals surface area contributed by atoms with E-state index in [1.807, 2.05) is 6.92 Å². The van der Waals surface area contributed by atoms with Gasteiger partial charge in [-0.15, -0.1) is 0 Å². The molecule has 0 aliphatic heterocycles. The van der Waals surface area contributed by atoms with Crippen molar-refractivity contribution in [2.45, 2.75) is 66.7 Å². The Labute approximate surface area is 102 Å². The van der Waals surface area contributed by atoms with Crippen LogP contribution in [0.1, 0.15) is 66.7 Å². The Balaban J connectivity index is 3.76. The molecule has 0 rings (SSSR count). The summed E-state index contributed by atoms with van der Waals surface area (Å²) in [5.74, 6) is 2.57. The Bertz CT molecular complexity index is 176. The molecule has 1 heteroatoms. The standard InChI is InChI=1S/C15H30O/c1-6-7-12(2)8-13(3)9-14(4)10-15(5)11-16/h11-15H,6-10H2,1-5H3. The number of carbonyl (C=O) groups excluding carboxylic acids is 1. The molecule has 1 nitrogen and oxygen atoms in total. The minimum Gasteiger partial charge on any atom is -0.303 e. The largest absolute Gasteiger partial charge is 0.303 e. The summed E-state index contributed by atoms with van der Waals surface area (Å²) in [5.41, 5.74) is 0. The number of rotatable bonds is 9. The average Bonchev–Trinajstić information content (AvgIpc) is 2.16. The molecule has 0 aliphatic carbocycles. The van der Waals surface area contributed by atoms with Gasteiger partial charge < -0.3 is 4.79 Å². The van der Waals surface area contributed by atoms with Crippen LogP contribution < -0.4 is 0 Å². The Morgan fingerprint density at radius 1 is 0.875 bits per heavy atom. The van der Waals surface area contributed by atoms with Gasteiger partial charge in [-0.25, -0.2) is 0 Å². The van der Waals surface area contributed by atoms with Gasteiger partial charge in [-0.3, -0.25) is 0 Å². The van der Waals surface area contributed by atoms with E-state index >= 15 is 0 Å². The Hall–Kier alpha value is -0.330. The first kappa shape index (κ1) is 15.7. The number of hydrogen-bond donors (Lipinski definition) is 0. The van der Waals surface area contributed by atoms with E-state index in [0.717, 1.165) is 24.5 Å². The van der Waals surface area contributed by atoms with Gasteiger partial charge in [0.05, 0.1) is 0 Å². The second-order valence-electron chi connectivity index (χ2n) is 5.92. The SMILES string of the molecule is CCCC(C)CC(C)CC(C)CC(C)C=O. The zero-order chi connectivity index (χ0) is 12.6. The fourth-order valence-corrected chi connectivity index (χ4v) is 2.87. The molecule has 4 unspecified atom stereocenters. The molecule has 0 bridgehead atoms. The monoisotopic (exact) mass is 226 g/mol. The van der Waals surface area contributed by atoms with Crippen molar-refractivity contribution in [2.24, 2.45) is 23.7 Å². The molecule has 0 N–H and O–H groups in total. The highest BCUT2D eigenvalue weighted by molar-refractivity contribution is 5.52. The highest BCUT2D eigenvalue weighted by Gasteiger charge is 2.14. The Morgan fingerprint density at radius 2 is 1.38 bits per heavy atom. The van der Waals surface area contributed by atoms with E-state index in [0.29, 0.717) is 5.92 Å². The molecule has 0 aromatic carbocycles. The molecular weight excluding hydrogens is 196 g/mol. The lowest BCUT2D eigenvalue weighted by Gasteiger charge is -2.21. The summed E-state index contributed by atoms with van der Waals surface area (Å²) < 4.78 is 0. The van der Waals surface area contributed by atoms with Crippen LogP contribution in [0.2, 0.25) is 0 Å². The van der Waals surface area contributed by atoms with Crippen molar-refractivity contribution in [2.75, 3.05) is 0 Å². The van der Waals surface area contributed by atoms with Crippen LogP contribution in [0.4, 0.5) is 0 Å². The van der Waals surface area contributed by atoms with Crippen molar-refractivity contribution in [1.82, 2.24) is 0 Å². The summed E-state index contributed by atoms with van der Waals surface area (Å²) in [6, 6.07) is 0. The summed E-state index contributed by atoms with van der Waals surface area (Å²) in [6.07, 6.45) is 7.39. The number of carbonyl (C=O) groups is 1. The van der Waals surface area contributed by atoms with Crippen LogP contribution in [0.5, 0.6) is 0 Å². The van der Waals surface area contributed by atoms with Crippen molar-refractivity contribution >= 4 is 6.29 Å². The topological polar surface area (TPSA) is 17.1 Å². The lowest BCUT2D eigenvalue weighted by Crippen LogP contribution is -2.10. The lowest BCUT2D eigenvalue weighted by atomic mass is 9.85. The minimum absolute atomic E-state index is 0.232. The summed E-state index contributed by atoms with van der Waals surface area (Å²) in [4.78, 5) is 10.6. The van der Waals surface area contributed by atoms with E-state index < -0.39 is 0 Å². The highest BCUT2D eigenvalue weighted by Crippen LogP contribution is 2.25. The molecule has 0 radical (unpaired) electrons. The summed E-state index contributed by atoms with van der Waals surface area (Å²) >= 11 is 0. The van der Waals surface area contributed by atoms with Crippen molar-refractivity contribution in [3.63, 3.8) is 0 Å². The zero-order valence-electron chi connectivity index (χ0n) is 11.8. The predicted octanol–water partition coefficient (Wildman–Crippen LogP) is 4.70. The second-order valence-corrected chi connectivity index (χ2v) is 5.92. The molecule has 0 fully saturated rings. The van der Waals surface area contributed by atoms with Crippen molar-refractivity contribution in [3.05, 3.63) is 0 Å². The van der Waals surface area contributed by atoms with Crippen molar-refractivity contribution in [3.8, 4) is 0 Å². The maximum atomic E-state index is 10.6. The third kappa shape index (κ3) is 7.90. The summed E-state index contributed by atoms with van der Waals surface area (Å²) in [7, 11) is 0. The van der Waals surface area contributed by atoms with Gasteiger partial charge >= 0.3 is 0 Å². The first-order valence-corrected chi connectivity index (χ1v) is 6.94. The Kier molecular flexibility index (Phi) is 8.60. The van der Waals surface area contributed by atoms with Crippen molar-refractivity contribution in [1.29, 1.82) is 0 Å². The van der Waals surface area contributed by atoms with Crippen LogP contribution in [0.3, 0.4) is 0 Å². The van der Waals surface area contributed by atoms with E-state index in [-0.39, 0.29) is 5.92 Å². The molecule has 0 saturated carbocycles. The van der Waals surface area contributed by atoms with Crippen molar-refractivity contribution < 1.29 is 4.79 Å². The normalized spacial score (nSPS) is 18.8. The molecular formula is C15H30O. The highest BCUT2D eigenvalue weighted by atomic mass is 16.1. The molecule has 0 aliphatic rings. The lowest BCUT2D eigenvalue weighted by molar-refractivity contribution is -0.111. The van der Waals surface area contributed by atoms with Crippen LogP contribution in [0.25, 0.3) is 0 Å². The third-order valence-electron chi connectivity index (χ3n) is 3.40. The van der Waals surface area contributed by atoms with Crippen LogP contribution in [0.15, 0.2) is 0 Å². The summed E-state index contributed by atoms with van der Waals surface area (Å²) in [6.45, 7) is 11.3. The molecule has 0 heterocycles. The molecule has 0 aromatic rings. The second kappa shape index (κ2) is 8.78. The fraction of sp³-hybridized carbons (Fsp3) is 0.933. The molecule has 0 saturated heterocycles. The number of aldehydes is 1. The van der Waals surface area contributed by atoms with Crippen LogP contribution in [-0.2, 0) is 4.79 Å². The maximum absolute atomic E-state index is 10.6. The first-order chi connectivity index (χ1) is 7.49. The van der Waals surface area contributed by atoms with E-state index in [1.165, 1.54) is 25.7 Å². The predicted molar refractivity (Wildman–Crippen MR) is 71.5 cm³/mol. The molecule has 0 spiro atoms. The Morgan fingerprint density at radius 3 is 1.88 bits per heavy atom. The molecule has 16 heavy (non-hydrogen) atoms. The maximum Gasteiger partial charge on any atom is 0.122 e. The van der Waals surface area contributed by atoms with Gasteiger partial charge in [0.1, 0.15) is 6.29 Å². The quantitative estimate of drug-likeness (QED) is 0.521. The van der Waals surface area contributed by atoms with Crippen LogP contribution in [-0.4, -0.2) is 6.29 Å². The molecule has 0 amide bonds. The molecule has 0 aromatic heterocycles. The van der Waals surface area contributed by atoms with Gasteiger partial charge in [-0.05, 0) is 37.0 Å². The zero-order valence-corrected chi connectivity index (χ0v) is 11.8. The van der Waals surface area contributed by atoms with E-state index in [9.17, 15) is 4.79 Å². The van der Waals surface area contributed by atoms with Gasteiger partial charge in [-0.2, -0.15) is 0 Å². The molecule has 4 atom stereocenters. The van der Waals surface area contributed by atoms with E-state index in [4.69, 9.17) is 0 Å². The van der Waals surface area contributed by atoms with Gasteiger partial charge in [-0.1, -0.05) is 47.5 Å². The smallest absolute Gasteiger partial charge is 0.122 e. The fourth-order valence-electron chi connectivity index (χ4n) is 2.87. The van der Waals surface area contributed by atoms with Crippen LogP contribution >= 0.6 is 0 Å². The van der Waals surface area contributed by atoms with Gasteiger partial charge in [0.2, 0.25) is 0 Å². The van der Waals surface area contributed by atoms with Gasteiger partial charge in [0.15, 0.2) is 0 Å². The van der Waals surface area contributed by atoms with E-state index in [2.05, 4.69) is 27.7 Å². The third-order valence-corrected chi connectivity index (χ3v) is 3.40. The average molecular weight is 226 g/mol. The van der Waals surface area contributed by atoms with E-state index in [1.54, 1.807) is 0 Å². The van der Waals surface area contributed by atoms with Gasteiger partial charge in [0, 0.05) is 5.92 Å². The summed E-state index contributed by atoms with van der Waals surface area (Å²) in [5, 5.41) is 0. The minimum atomic E-state index is 0.232. The van der Waals surface area contributed by atoms with Gasteiger partial charge in [0.25, 0.3) is 0 Å². The first-order valence-electron chi connectivity index (χ1n) is 6.94.